The Kier molecular flexibility index (Phi) is 4.55. The largest absolute Gasteiger partial charge is 0.397 e. The maximum atomic E-state index is 11.4. The molecule has 1 aromatic heterocycles. The van der Waals surface area contributed by atoms with Gasteiger partial charge in [0.1, 0.15) is 0 Å². The molecule has 2 aromatic rings. The lowest BCUT2D eigenvalue weighted by Gasteiger charge is -2.30. The molecule has 0 aliphatic carbocycles. The molecule has 0 saturated carbocycles. The minimum Gasteiger partial charge on any atom is -0.397 e. The van der Waals surface area contributed by atoms with E-state index in [0.29, 0.717) is 5.69 Å². The van der Waals surface area contributed by atoms with E-state index in [-0.39, 0.29) is 10.9 Å². The van der Waals surface area contributed by atoms with Crippen LogP contribution >= 0.6 is 11.3 Å². The first-order chi connectivity index (χ1) is 9.79. The van der Waals surface area contributed by atoms with Crippen LogP contribution in [0.1, 0.15) is 18.7 Å². The molecule has 5 nitrogen and oxygen atoms in total. The first kappa shape index (κ1) is 15.8. The number of hydrogen-bond acceptors (Lipinski definition) is 5. The molecule has 1 aromatic carbocycles. The Morgan fingerprint density at radius 2 is 2.00 bits per heavy atom. The van der Waals surface area contributed by atoms with Crippen LogP contribution in [-0.4, -0.2) is 14.5 Å². The summed E-state index contributed by atoms with van der Waals surface area (Å²) in [5.41, 5.74) is 7.25. The SMILES string of the molecule is CC(C)N(Cc1cccs1)c1ccc(S(N)(=O)=O)cc1N. The number of nitrogens with two attached hydrogens (primary N) is 2. The van der Waals surface area contributed by atoms with Crippen molar-refractivity contribution < 1.29 is 8.42 Å². The fourth-order valence-corrected chi connectivity index (χ4v) is 3.34. The highest BCUT2D eigenvalue weighted by Crippen LogP contribution is 2.29. The minimum atomic E-state index is -3.73. The molecule has 114 valence electrons. The standard InChI is InChI=1S/C14H19N3O2S2/c1-10(2)17(9-11-4-3-7-20-11)14-6-5-12(8-13(14)15)21(16,18)19/h3-8,10H,9,15H2,1-2H3,(H2,16,18,19). The quantitative estimate of drug-likeness (QED) is 0.826. The number of hydrogen-bond donors (Lipinski definition) is 2. The summed E-state index contributed by atoms with van der Waals surface area (Å²) >= 11 is 1.68. The number of nitrogen functional groups attached to an aromatic ring is 1. The van der Waals surface area contributed by atoms with E-state index in [1.165, 1.54) is 17.0 Å². The zero-order valence-corrected chi connectivity index (χ0v) is 13.6. The van der Waals surface area contributed by atoms with Crippen LogP contribution in [0.15, 0.2) is 40.6 Å². The molecule has 0 spiro atoms. The van der Waals surface area contributed by atoms with Gasteiger partial charge in [-0.05, 0) is 43.5 Å². The lowest BCUT2D eigenvalue weighted by molar-refractivity contribution is 0.598. The van der Waals surface area contributed by atoms with Crippen LogP contribution < -0.4 is 15.8 Å². The van der Waals surface area contributed by atoms with E-state index in [0.717, 1.165) is 12.2 Å². The summed E-state index contributed by atoms with van der Waals surface area (Å²) in [7, 11) is -3.73. The third kappa shape index (κ3) is 3.75. The molecule has 7 heteroatoms. The zero-order valence-electron chi connectivity index (χ0n) is 12.0. The molecule has 4 N–H and O–H groups in total. The van der Waals surface area contributed by atoms with Gasteiger partial charge in [-0.3, -0.25) is 0 Å². The maximum absolute atomic E-state index is 11.4. The van der Waals surface area contributed by atoms with E-state index in [1.54, 1.807) is 17.4 Å². The molecule has 0 saturated heterocycles. The van der Waals surface area contributed by atoms with Gasteiger partial charge in [0.05, 0.1) is 22.8 Å². The second-order valence-corrected chi connectivity index (χ2v) is 7.66. The lowest BCUT2D eigenvalue weighted by Crippen LogP contribution is -2.30. The van der Waals surface area contributed by atoms with Gasteiger partial charge in [-0.2, -0.15) is 0 Å². The van der Waals surface area contributed by atoms with Crippen LogP contribution in [0.4, 0.5) is 11.4 Å². The van der Waals surface area contributed by atoms with E-state index >= 15 is 0 Å². The van der Waals surface area contributed by atoms with Crippen LogP contribution in [0.5, 0.6) is 0 Å². The van der Waals surface area contributed by atoms with Gasteiger partial charge in [-0.25, -0.2) is 13.6 Å². The molecule has 0 radical (unpaired) electrons. The molecule has 2 rings (SSSR count). The molecule has 0 fully saturated rings. The predicted octanol–water partition coefficient (Wildman–Crippen LogP) is 2.39. The molecular weight excluding hydrogens is 306 g/mol. The van der Waals surface area contributed by atoms with Crippen molar-refractivity contribution in [3.8, 4) is 0 Å². The van der Waals surface area contributed by atoms with Gasteiger partial charge in [0.15, 0.2) is 0 Å². The monoisotopic (exact) mass is 325 g/mol. The highest BCUT2D eigenvalue weighted by molar-refractivity contribution is 7.89. The highest BCUT2D eigenvalue weighted by atomic mass is 32.2. The third-order valence-electron chi connectivity index (χ3n) is 3.17. The number of sulfonamides is 1. The van der Waals surface area contributed by atoms with Crippen molar-refractivity contribution in [2.75, 3.05) is 10.6 Å². The van der Waals surface area contributed by atoms with E-state index in [1.807, 2.05) is 11.4 Å². The van der Waals surface area contributed by atoms with Crippen molar-refractivity contribution >= 4 is 32.7 Å². The van der Waals surface area contributed by atoms with E-state index in [4.69, 9.17) is 10.9 Å². The summed E-state index contributed by atoms with van der Waals surface area (Å²) in [6.45, 7) is 4.87. The lowest BCUT2D eigenvalue weighted by atomic mass is 10.2. The van der Waals surface area contributed by atoms with Gasteiger partial charge in [0.25, 0.3) is 0 Å². The molecule has 0 bridgehead atoms. The topological polar surface area (TPSA) is 89.4 Å². The molecule has 0 unspecified atom stereocenters. The molecule has 0 aliphatic rings. The van der Waals surface area contributed by atoms with E-state index in [9.17, 15) is 8.42 Å². The summed E-state index contributed by atoms with van der Waals surface area (Å²) in [4.78, 5) is 3.39. The smallest absolute Gasteiger partial charge is 0.238 e. The van der Waals surface area contributed by atoms with Gasteiger partial charge in [-0.1, -0.05) is 6.07 Å². The number of nitrogens with zero attached hydrogens (tertiary/aromatic N) is 1. The summed E-state index contributed by atoms with van der Waals surface area (Å²) in [5, 5.41) is 7.16. The number of thiophene rings is 1. The molecule has 21 heavy (non-hydrogen) atoms. The van der Waals surface area contributed by atoms with Gasteiger partial charge in [0, 0.05) is 10.9 Å². The van der Waals surface area contributed by atoms with E-state index in [2.05, 4.69) is 24.8 Å². The fraction of sp³-hybridized carbons (Fsp3) is 0.286. The van der Waals surface area contributed by atoms with Crippen LogP contribution in [0.2, 0.25) is 0 Å². The third-order valence-corrected chi connectivity index (χ3v) is 4.94. The average Bonchev–Trinajstić information content (AvgIpc) is 2.88. The predicted molar refractivity (Wildman–Crippen MR) is 87.9 cm³/mol. The molecule has 0 aliphatic heterocycles. The molecular formula is C14H19N3O2S2. The van der Waals surface area contributed by atoms with Crippen LogP contribution in [0, 0.1) is 0 Å². The molecule has 0 amide bonds. The first-order valence-corrected chi connectivity index (χ1v) is 8.93. The zero-order chi connectivity index (χ0) is 15.6. The normalized spacial score (nSPS) is 11.8. The number of anilines is 2. The highest BCUT2D eigenvalue weighted by Gasteiger charge is 2.17. The summed E-state index contributed by atoms with van der Waals surface area (Å²) < 4.78 is 22.7. The van der Waals surface area contributed by atoms with Crippen molar-refractivity contribution in [3.63, 3.8) is 0 Å². The fourth-order valence-electron chi connectivity index (χ4n) is 2.09. The Morgan fingerprint density at radius 3 is 2.48 bits per heavy atom. The number of primary sulfonamides is 1. The Morgan fingerprint density at radius 1 is 1.29 bits per heavy atom. The van der Waals surface area contributed by atoms with Crippen LogP contribution in [0.25, 0.3) is 0 Å². The van der Waals surface area contributed by atoms with Gasteiger partial charge in [-0.15, -0.1) is 11.3 Å². The van der Waals surface area contributed by atoms with Gasteiger partial charge in [0.2, 0.25) is 10.0 Å². The molecule has 0 atom stereocenters. The minimum absolute atomic E-state index is 0.0311. The first-order valence-electron chi connectivity index (χ1n) is 6.50. The number of benzene rings is 1. The second-order valence-electron chi connectivity index (χ2n) is 5.07. The van der Waals surface area contributed by atoms with Gasteiger partial charge < -0.3 is 10.6 Å². The Balaban J connectivity index is 2.37. The summed E-state index contributed by atoms with van der Waals surface area (Å²) in [5.74, 6) is 0. The Hall–Kier alpha value is -1.57. The maximum Gasteiger partial charge on any atom is 0.238 e. The second kappa shape index (κ2) is 6.05. The van der Waals surface area contributed by atoms with Crippen molar-refractivity contribution in [3.05, 3.63) is 40.6 Å². The van der Waals surface area contributed by atoms with Crippen molar-refractivity contribution in [1.82, 2.24) is 0 Å². The van der Waals surface area contributed by atoms with Crippen molar-refractivity contribution in [2.24, 2.45) is 5.14 Å². The Bertz CT molecular complexity index is 710. The van der Waals surface area contributed by atoms with Crippen molar-refractivity contribution in [1.29, 1.82) is 0 Å². The van der Waals surface area contributed by atoms with Crippen LogP contribution in [0.3, 0.4) is 0 Å². The summed E-state index contributed by atoms with van der Waals surface area (Å²) in [6.07, 6.45) is 0. The van der Waals surface area contributed by atoms with Gasteiger partial charge >= 0.3 is 0 Å². The number of rotatable bonds is 5. The van der Waals surface area contributed by atoms with E-state index < -0.39 is 10.0 Å². The van der Waals surface area contributed by atoms with Crippen LogP contribution in [-0.2, 0) is 16.6 Å². The average molecular weight is 325 g/mol. The Labute approximate surface area is 129 Å². The van der Waals surface area contributed by atoms with Crippen molar-refractivity contribution in [2.45, 2.75) is 31.3 Å². The summed E-state index contributed by atoms with van der Waals surface area (Å²) in [6, 6.07) is 8.91. The molecule has 1 heterocycles.